The van der Waals surface area contributed by atoms with Crippen molar-refractivity contribution >= 4 is 11.6 Å². The molecule has 7 heteroatoms. The van der Waals surface area contributed by atoms with Gasteiger partial charge in [0.2, 0.25) is 5.91 Å². The van der Waals surface area contributed by atoms with Gasteiger partial charge in [-0.2, -0.15) is 5.10 Å². The molecule has 1 amide bonds. The van der Waals surface area contributed by atoms with Gasteiger partial charge in [0.15, 0.2) is 0 Å². The first-order chi connectivity index (χ1) is 11.7. The van der Waals surface area contributed by atoms with Crippen LogP contribution in [0, 0.1) is 0 Å². The summed E-state index contributed by atoms with van der Waals surface area (Å²) in [4.78, 5) is 14.3. The molecule has 2 fully saturated rings. The minimum absolute atomic E-state index is 0.0444. The summed E-state index contributed by atoms with van der Waals surface area (Å²) in [5, 5.41) is 19.1. The molecule has 1 saturated heterocycles. The van der Waals surface area contributed by atoms with E-state index in [1.165, 1.54) is 51.6 Å². The van der Waals surface area contributed by atoms with Crippen LogP contribution in [0.3, 0.4) is 0 Å². The minimum Gasteiger partial charge on any atom is -0.395 e. The fourth-order valence-corrected chi connectivity index (χ4v) is 3.84. The van der Waals surface area contributed by atoms with Crippen LogP contribution >= 0.6 is 0 Å². The van der Waals surface area contributed by atoms with E-state index in [4.69, 9.17) is 5.11 Å². The smallest absolute Gasteiger partial charge is 0.241 e. The van der Waals surface area contributed by atoms with Gasteiger partial charge in [0.25, 0.3) is 0 Å². The standard InChI is InChI=1S/C17H29N5O2/c23-10-7-18-17(24)13-22-12-15(11-19-22)20-14-5-8-21(9-6-14)16-3-1-2-4-16/h11-12,14,16,20,23H,1-10,13H2,(H,18,24). The summed E-state index contributed by atoms with van der Waals surface area (Å²) in [6.07, 6.45) is 11.5. The van der Waals surface area contributed by atoms with Crippen molar-refractivity contribution in [1.82, 2.24) is 20.0 Å². The van der Waals surface area contributed by atoms with Gasteiger partial charge in [-0.3, -0.25) is 9.48 Å². The van der Waals surface area contributed by atoms with Crippen LogP contribution in [0.5, 0.6) is 0 Å². The van der Waals surface area contributed by atoms with Crippen LogP contribution in [0.1, 0.15) is 38.5 Å². The maximum atomic E-state index is 11.6. The number of amides is 1. The van der Waals surface area contributed by atoms with Crippen molar-refractivity contribution in [3.63, 3.8) is 0 Å². The van der Waals surface area contributed by atoms with E-state index in [0.717, 1.165) is 11.7 Å². The SMILES string of the molecule is O=C(Cn1cc(NC2CCN(C3CCCC3)CC2)cn1)NCCO. The number of hydrogen-bond donors (Lipinski definition) is 3. The predicted molar refractivity (Wildman–Crippen MR) is 92.8 cm³/mol. The maximum Gasteiger partial charge on any atom is 0.241 e. The first kappa shape index (κ1) is 17.2. The molecule has 24 heavy (non-hydrogen) atoms. The van der Waals surface area contributed by atoms with Crippen LogP contribution in [-0.2, 0) is 11.3 Å². The number of aliphatic hydroxyl groups is 1. The molecular weight excluding hydrogens is 306 g/mol. The van der Waals surface area contributed by atoms with Gasteiger partial charge in [-0.1, -0.05) is 12.8 Å². The molecule has 2 heterocycles. The summed E-state index contributed by atoms with van der Waals surface area (Å²) in [5.74, 6) is -0.136. The van der Waals surface area contributed by atoms with Gasteiger partial charge in [0, 0.05) is 37.9 Å². The molecule has 3 N–H and O–H groups in total. The van der Waals surface area contributed by atoms with E-state index < -0.39 is 0 Å². The molecule has 0 radical (unpaired) electrons. The normalized spacial score (nSPS) is 20.4. The Balaban J connectivity index is 1.41. The molecule has 1 aliphatic carbocycles. The largest absolute Gasteiger partial charge is 0.395 e. The van der Waals surface area contributed by atoms with Gasteiger partial charge in [-0.25, -0.2) is 0 Å². The van der Waals surface area contributed by atoms with Gasteiger partial charge < -0.3 is 20.6 Å². The number of rotatable bonds is 7. The van der Waals surface area contributed by atoms with Gasteiger partial charge >= 0.3 is 0 Å². The second kappa shape index (κ2) is 8.48. The van der Waals surface area contributed by atoms with Crippen molar-refractivity contribution in [2.45, 2.75) is 57.2 Å². The number of nitrogens with zero attached hydrogens (tertiary/aromatic N) is 3. The third-order valence-electron chi connectivity index (χ3n) is 5.11. The molecule has 0 atom stereocenters. The molecule has 1 aromatic heterocycles. The number of piperidine rings is 1. The lowest BCUT2D eigenvalue weighted by molar-refractivity contribution is -0.122. The lowest BCUT2D eigenvalue weighted by Gasteiger charge is -2.36. The fraction of sp³-hybridized carbons (Fsp3) is 0.765. The number of aromatic nitrogens is 2. The van der Waals surface area contributed by atoms with E-state index in [0.29, 0.717) is 6.04 Å². The summed E-state index contributed by atoms with van der Waals surface area (Å²) >= 11 is 0. The number of anilines is 1. The first-order valence-electron chi connectivity index (χ1n) is 9.15. The van der Waals surface area contributed by atoms with Crippen LogP contribution in [0.25, 0.3) is 0 Å². The average Bonchev–Trinajstić information content (AvgIpc) is 3.26. The van der Waals surface area contributed by atoms with Crippen LogP contribution in [0.2, 0.25) is 0 Å². The molecule has 2 aliphatic rings. The highest BCUT2D eigenvalue weighted by atomic mass is 16.3. The topological polar surface area (TPSA) is 82.4 Å². The van der Waals surface area contributed by atoms with Crippen molar-refractivity contribution in [1.29, 1.82) is 0 Å². The van der Waals surface area contributed by atoms with Crippen molar-refractivity contribution < 1.29 is 9.90 Å². The Morgan fingerprint density at radius 1 is 1.25 bits per heavy atom. The van der Waals surface area contributed by atoms with Gasteiger partial charge in [0.1, 0.15) is 6.54 Å². The summed E-state index contributed by atoms with van der Waals surface area (Å²) in [6, 6.07) is 1.31. The Kier molecular flexibility index (Phi) is 6.09. The van der Waals surface area contributed by atoms with E-state index in [9.17, 15) is 4.79 Å². The Morgan fingerprint density at radius 2 is 2.00 bits per heavy atom. The van der Waals surface area contributed by atoms with Gasteiger partial charge in [0.05, 0.1) is 18.5 Å². The van der Waals surface area contributed by atoms with E-state index >= 15 is 0 Å². The number of carbonyl (C=O) groups is 1. The Bertz CT molecular complexity index is 519. The zero-order valence-electron chi connectivity index (χ0n) is 14.3. The van der Waals surface area contributed by atoms with Crippen LogP contribution < -0.4 is 10.6 Å². The molecule has 0 unspecified atom stereocenters. The van der Waals surface area contributed by atoms with Crippen molar-refractivity contribution in [2.75, 3.05) is 31.6 Å². The highest BCUT2D eigenvalue weighted by molar-refractivity contribution is 5.75. The number of nitrogens with one attached hydrogen (secondary N) is 2. The molecule has 134 valence electrons. The quantitative estimate of drug-likeness (QED) is 0.687. The van der Waals surface area contributed by atoms with Crippen LogP contribution in [0.4, 0.5) is 5.69 Å². The van der Waals surface area contributed by atoms with E-state index in [1.807, 2.05) is 6.20 Å². The average molecular weight is 335 g/mol. The van der Waals surface area contributed by atoms with Crippen molar-refractivity contribution in [3.05, 3.63) is 12.4 Å². The van der Waals surface area contributed by atoms with Crippen LogP contribution in [-0.4, -0.2) is 64.0 Å². The van der Waals surface area contributed by atoms with E-state index in [2.05, 4.69) is 20.6 Å². The molecule has 0 aromatic carbocycles. The zero-order chi connectivity index (χ0) is 16.8. The molecule has 0 spiro atoms. The third kappa shape index (κ3) is 4.70. The van der Waals surface area contributed by atoms with Gasteiger partial charge in [-0.15, -0.1) is 0 Å². The predicted octanol–water partition coefficient (Wildman–Crippen LogP) is 0.810. The molecule has 1 saturated carbocycles. The second-order valence-corrected chi connectivity index (χ2v) is 6.89. The first-order valence-corrected chi connectivity index (χ1v) is 9.15. The molecule has 1 aliphatic heterocycles. The Morgan fingerprint density at radius 3 is 2.71 bits per heavy atom. The highest BCUT2D eigenvalue weighted by Crippen LogP contribution is 2.26. The van der Waals surface area contributed by atoms with E-state index in [1.54, 1.807) is 10.9 Å². The van der Waals surface area contributed by atoms with E-state index in [-0.39, 0.29) is 25.6 Å². The van der Waals surface area contributed by atoms with Gasteiger partial charge in [-0.05, 0) is 25.7 Å². The molecule has 1 aromatic rings. The minimum atomic E-state index is -0.136. The third-order valence-corrected chi connectivity index (χ3v) is 5.11. The Labute approximate surface area is 143 Å². The number of aliphatic hydroxyl groups excluding tert-OH is 1. The van der Waals surface area contributed by atoms with Crippen molar-refractivity contribution in [3.8, 4) is 0 Å². The number of hydrogen-bond acceptors (Lipinski definition) is 5. The maximum absolute atomic E-state index is 11.6. The lowest BCUT2D eigenvalue weighted by atomic mass is 10.0. The lowest BCUT2D eigenvalue weighted by Crippen LogP contribution is -2.43. The van der Waals surface area contributed by atoms with Crippen molar-refractivity contribution in [2.24, 2.45) is 0 Å². The monoisotopic (exact) mass is 335 g/mol. The molecule has 7 nitrogen and oxygen atoms in total. The summed E-state index contributed by atoms with van der Waals surface area (Å²) in [7, 11) is 0. The highest BCUT2D eigenvalue weighted by Gasteiger charge is 2.27. The second-order valence-electron chi connectivity index (χ2n) is 6.89. The summed E-state index contributed by atoms with van der Waals surface area (Å²) < 4.78 is 1.63. The molecule has 3 rings (SSSR count). The summed E-state index contributed by atoms with van der Waals surface area (Å²) in [6.45, 7) is 2.78. The number of carbonyl (C=O) groups excluding carboxylic acids is 1. The number of likely N-dealkylation sites (tertiary alicyclic amines) is 1. The molecule has 0 bridgehead atoms. The summed E-state index contributed by atoms with van der Waals surface area (Å²) in [5.41, 5.74) is 0.976. The Hall–Kier alpha value is -1.60. The van der Waals surface area contributed by atoms with Crippen LogP contribution in [0.15, 0.2) is 12.4 Å². The zero-order valence-corrected chi connectivity index (χ0v) is 14.3. The fourth-order valence-electron chi connectivity index (χ4n) is 3.84. The molecular formula is C17H29N5O2.